The Morgan fingerprint density at radius 1 is 1.31 bits per heavy atom. The zero-order chi connectivity index (χ0) is 18.5. The van der Waals surface area contributed by atoms with Gasteiger partial charge >= 0.3 is 0 Å². The molecule has 1 aromatic heterocycles. The van der Waals surface area contributed by atoms with Gasteiger partial charge in [-0.15, -0.1) is 10.2 Å². The molecular formula is C18H24ClN5OS. The molecule has 26 heavy (non-hydrogen) atoms. The van der Waals surface area contributed by atoms with E-state index in [9.17, 15) is 4.79 Å². The van der Waals surface area contributed by atoms with Crippen LogP contribution in [-0.2, 0) is 4.79 Å². The van der Waals surface area contributed by atoms with Crippen LogP contribution in [0.5, 0.6) is 0 Å². The molecule has 2 aromatic rings. The van der Waals surface area contributed by atoms with E-state index in [-0.39, 0.29) is 11.2 Å². The molecule has 0 saturated heterocycles. The maximum Gasteiger partial charge on any atom is 0.233 e. The van der Waals surface area contributed by atoms with Crippen molar-refractivity contribution >= 4 is 29.3 Å². The molecule has 3 N–H and O–H groups in total. The van der Waals surface area contributed by atoms with E-state index < -0.39 is 0 Å². The fourth-order valence-electron chi connectivity index (χ4n) is 3.14. The molecule has 1 amide bonds. The summed E-state index contributed by atoms with van der Waals surface area (Å²) in [5, 5.41) is 12.2. The van der Waals surface area contributed by atoms with Crippen LogP contribution in [0.15, 0.2) is 29.4 Å². The SMILES string of the molecule is CC(Sc1nnc(-c2ccc(Cl)cc2)n1N)C(=O)NCC1CCCCC1. The van der Waals surface area contributed by atoms with Gasteiger partial charge in [0.15, 0.2) is 5.82 Å². The second kappa shape index (κ2) is 8.77. The number of carbonyl (C=O) groups is 1. The lowest BCUT2D eigenvalue weighted by Crippen LogP contribution is -2.35. The molecule has 1 aromatic carbocycles. The van der Waals surface area contributed by atoms with Gasteiger partial charge in [-0.25, -0.2) is 4.68 Å². The van der Waals surface area contributed by atoms with E-state index in [1.807, 2.05) is 19.1 Å². The Hall–Kier alpha value is -1.73. The van der Waals surface area contributed by atoms with Gasteiger partial charge in [0, 0.05) is 17.1 Å². The summed E-state index contributed by atoms with van der Waals surface area (Å²) in [5.41, 5.74) is 0.825. The molecule has 3 rings (SSSR count). The smallest absolute Gasteiger partial charge is 0.233 e. The summed E-state index contributed by atoms with van der Waals surface area (Å²) in [5.74, 6) is 7.28. The number of aromatic nitrogens is 3. The highest BCUT2D eigenvalue weighted by atomic mass is 35.5. The molecule has 1 atom stereocenters. The fourth-order valence-corrected chi connectivity index (χ4v) is 4.07. The highest BCUT2D eigenvalue weighted by Crippen LogP contribution is 2.26. The van der Waals surface area contributed by atoms with Crippen LogP contribution in [0.25, 0.3) is 11.4 Å². The number of nitrogens with one attached hydrogen (secondary N) is 1. The lowest BCUT2D eigenvalue weighted by Gasteiger charge is -2.22. The Morgan fingerprint density at radius 3 is 2.69 bits per heavy atom. The molecule has 8 heteroatoms. The standard InChI is InChI=1S/C18H24ClN5OS/c1-12(17(25)21-11-13-5-3-2-4-6-13)26-18-23-22-16(24(18)20)14-7-9-15(19)10-8-14/h7-10,12-13H,2-6,11,20H2,1H3,(H,21,25). The van der Waals surface area contributed by atoms with E-state index in [0.717, 1.165) is 12.1 Å². The van der Waals surface area contributed by atoms with Gasteiger partial charge in [-0.1, -0.05) is 42.6 Å². The number of amides is 1. The van der Waals surface area contributed by atoms with E-state index in [2.05, 4.69) is 15.5 Å². The van der Waals surface area contributed by atoms with Gasteiger partial charge in [-0.3, -0.25) is 4.79 Å². The Labute approximate surface area is 162 Å². The average Bonchev–Trinajstić information content (AvgIpc) is 3.01. The van der Waals surface area contributed by atoms with Crippen molar-refractivity contribution in [2.45, 2.75) is 49.4 Å². The van der Waals surface area contributed by atoms with Crippen LogP contribution in [0.3, 0.4) is 0 Å². The summed E-state index contributed by atoms with van der Waals surface area (Å²) in [4.78, 5) is 12.4. The van der Waals surface area contributed by atoms with Gasteiger partial charge in [0.25, 0.3) is 0 Å². The van der Waals surface area contributed by atoms with Gasteiger partial charge in [-0.05, 0) is 49.9 Å². The Balaban J connectivity index is 1.57. The highest BCUT2D eigenvalue weighted by molar-refractivity contribution is 8.00. The molecule has 6 nitrogen and oxygen atoms in total. The Bertz CT molecular complexity index is 743. The molecule has 1 fully saturated rings. The molecule has 1 aliphatic rings. The summed E-state index contributed by atoms with van der Waals surface area (Å²) in [7, 11) is 0. The van der Waals surface area contributed by atoms with Crippen LogP contribution in [-0.4, -0.2) is 32.6 Å². The molecule has 1 unspecified atom stereocenters. The lowest BCUT2D eigenvalue weighted by atomic mass is 9.89. The van der Waals surface area contributed by atoms with Crippen molar-refractivity contribution in [2.75, 3.05) is 12.4 Å². The number of carbonyl (C=O) groups excluding carboxylic acids is 1. The first-order valence-electron chi connectivity index (χ1n) is 8.95. The summed E-state index contributed by atoms with van der Waals surface area (Å²) in [6.45, 7) is 2.62. The first-order chi connectivity index (χ1) is 12.5. The molecule has 1 aliphatic carbocycles. The summed E-state index contributed by atoms with van der Waals surface area (Å²) in [6, 6.07) is 7.23. The first-order valence-corrected chi connectivity index (χ1v) is 10.2. The maximum atomic E-state index is 12.4. The molecular weight excluding hydrogens is 370 g/mol. The summed E-state index contributed by atoms with van der Waals surface area (Å²) < 4.78 is 1.42. The number of rotatable bonds is 6. The van der Waals surface area contributed by atoms with E-state index in [1.165, 1.54) is 48.5 Å². The molecule has 1 saturated carbocycles. The van der Waals surface area contributed by atoms with Gasteiger partial charge in [0.2, 0.25) is 11.1 Å². The van der Waals surface area contributed by atoms with Gasteiger partial charge in [0.05, 0.1) is 5.25 Å². The van der Waals surface area contributed by atoms with Crippen molar-refractivity contribution < 1.29 is 4.79 Å². The van der Waals surface area contributed by atoms with Gasteiger partial charge < -0.3 is 11.2 Å². The zero-order valence-electron chi connectivity index (χ0n) is 14.8. The largest absolute Gasteiger partial charge is 0.355 e. The van der Waals surface area contributed by atoms with Gasteiger partial charge in [0.1, 0.15) is 0 Å². The lowest BCUT2D eigenvalue weighted by molar-refractivity contribution is -0.120. The summed E-state index contributed by atoms with van der Waals surface area (Å²) in [6.07, 6.45) is 6.29. The van der Waals surface area contributed by atoms with Crippen molar-refractivity contribution in [2.24, 2.45) is 5.92 Å². The van der Waals surface area contributed by atoms with Crippen LogP contribution < -0.4 is 11.2 Å². The van der Waals surface area contributed by atoms with E-state index in [4.69, 9.17) is 17.4 Å². The van der Waals surface area contributed by atoms with Gasteiger partial charge in [-0.2, -0.15) is 0 Å². The third-order valence-corrected chi connectivity index (χ3v) is 6.02. The van der Waals surface area contributed by atoms with E-state index in [1.54, 1.807) is 12.1 Å². The molecule has 0 spiro atoms. The third kappa shape index (κ3) is 4.71. The van der Waals surface area contributed by atoms with Crippen LogP contribution >= 0.6 is 23.4 Å². The molecule has 140 valence electrons. The predicted molar refractivity (Wildman–Crippen MR) is 106 cm³/mol. The summed E-state index contributed by atoms with van der Waals surface area (Å²) >= 11 is 7.22. The average molecular weight is 394 g/mol. The zero-order valence-corrected chi connectivity index (χ0v) is 16.4. The maximum absolute atomic E-state index is 12.4. The third-order valence-electron chi connectivity index (χ3n) is 4.71. The normalized spacial score (nSPS) is 16.4. The van der Waals surface area contributed by atoms with Crippen LogP contribution in [0, 0.1) is 5.92 Å². The van der Waals surface area contributed by atoms with Crippen molar-refractivity contribution in [3.63, 3.8) is 0 Å². The first kappa shape index (κ1) is 19.0. The van der Waals surface area contributed by atoms with Crippen LogP contribution in [0.1, 0.15) is 39.0 Å². The number of halogens is 1. The molecule has 0 radical (unpaired) electrons. The minimum absolute atomic E-state index is 0.0108. The van der Waals surface area contributed by atoms with E-state index >= 15 is 0 Å². The highest BCUT2D eigenvalue weighted by Gasteiger charge is 2.21. The number of hydrogen-bond acceptors (Lipinski definition) is 5. The van der Waals surface area contributed by atoms with Crippen molar-refractivity contribution in [3.05, 3.63) is 29.3 Å². The quantitative estimate of drug-likeness (QED) is 0.579. The van der Waals surface area contributed by atoms with Crippen LogP contribution in [0.4, 0.5) is 0 Å². The predicted octanol–water partition coefficient (Wildman–Crippen LogP) is 3.49. The van der Waals surface area contributed by atoms with Crippen molar-refractivity contribution in [1.29, 1.82) is 0 Å². The Morgan fingerprint density at radius 2 is 2.00 bits per heavy atom. The number of nitrogen functional groups attached to an aromatic ring is 1. The molecule has 0 bridgehead atoms. The topological polar surface area (TPSA) is 85.8 Å². The minimum atomic E-state index is -0.289. The molecule has 1 heterocycles. The van der Waals surface area contributed by atoms with E-state index in [0.29, 0.717) is 21.9 Å². The number of benzene rings is 1. The van der Waals surface area contributed by atoms with Crippen LogP contribution in [0.2, 0.25) is 5.02 Å². The minimum Gasteiger partial charge on any atom is -0.355 e. The number of hydrogen-bond donors (Lipinski definition) is 2. The number of nitrogens with zero attached hydrogens (tertiary/aromatic N) is 3. The number of nitrogens with two attached hydrogens (primary N) is 1. The second-order valence-electron chi connectivity index (χ2n) is 6.69. The van der Waals surface area contributed by atoms with Crippen molar-refractivity contribution in [3.8, 4) is 11.4 Å². The molecule has 0 aliphatic heterocycles. The fraction of sp³-hybridized carbons (Fsp3) is 0.500. The Kier molecular flexibility index (Phi) is 6.43. The van der Waals surface area contributed by atoms with Crippen molar-refractivity contribution in [1.82, 2.24) is 20.2 Å². The monoisotopic (exact) mass is 393 g/mol. The second-order valence-corrected chi connectivity index (χ2v) is 8.44. The number of thioether (sulfide) groups is 1.